The van der Waals surface area contributed by atoms with Crippen molar-refractivity contribution in [1.82, 2.24) is 14.9 Å². The summed E-state index contributed by atoms with van der Waals surface area (Å²) in [4.78, 5) is 16.5. The van der Waals surface area contributed by atoms with E-state index in [9.17, 15) is 4.79 Å². The van der Waals surface area contributed by atoms with E-state index >= 15 is 0 Å². The van der Waals surface area contributed by atoms with Gasteiger partial charge >= 0.3 is 0 Å². The van der Waals surface area contributed by atoms with Crippen molar-refractivity contribution >= 4 is 40.3 Å². The molecule has 0 aliphatic heterocycles. The molecule has 2 aromatic rings. The number of nitrogens with one attached hydrogen (secondary N) is 1. The number of amides is 1. The van der Waals surface area contributed by atoms with Crippen LogP contribution >= 0.6 is 23.4 Å². The topological polar surface area (TPSA) is 56.1 Å². The SMILES string of the molecule is COCCn1c(SCC(=O)NCC(C)C)nc2cc(Cl)ccc21. The van der Waals surface area contributed by atoms with Gasteiger partial charge in [-0.15, -0.1) is 0 Å². The molecule has 1 aromatic carbocycles. The van der Waals surface area contributed by atoms with Gasteiger partial charge in [0, 0.05) is 25.2 Å². The zero-order valence-corrected chi connectivity index (χ0v) is 15.2. The van der Waals surface area contributed by atoms with Crippen LogP contribution in [0.3, 0.4) is 0 Å². The van der Waals surface area contributed by atoms with Gasteiger partial charge in [-0.2, -0.15) is 0 Å². The summed E-state index contributed by atoms with van der Waals surface area (Å²) >= 11 is 7.47. The summed E-state index contributed by atoms with van der Waals surface area (Å²) in [5.74, 6) is 0.806. The van der Waals surface area contributed by atoms with Crippen molar-refractivity contribution in [2.75, 3.05) is 26.0 Å². The monoisotopic (exact) mass is 355 g/mol. The number of hydrogen-bond donors (Lipinski definition) is 1. The molecular formula is C16H22ClN3O2S. The molecule has 1 amide bonds. The number of carbonyl (C=O) groups excluding carboxylic acids is 1. The van der Waals surface area contributed by atoms with Gasteiger partial charge in [0.2, 0.25) is 5.91 Å². The van der Waals surface area contributed by atoms with Gasteiger partial charge in [0.15, 0.2) is 5.16 Å². The highest BCUT2D eigenvalue weighted by molar-refractivity contribution is 7.99. The summed E-state index contributed by atoms with van der Waals surface area (Å²) in [6.45, 7) is 6.10. The Bertz CT molecular complexity index is 673. The van der Waals surface area contributed by atoms with Crippen LogP contribution in [0.4, 0.5) is 0 Å². The number of benzene rings is 1. The van der Waals surface area contributed by atoms with Crippen LogP contribution in [0.1, 0.15) is 13.8 Å². The molecule has 0 unspecified atom stereocenters. The molecule has 0 saturated carbocycles. The third-order valence-corrected chi connectivity index (χ3v) is 4.45. The second kappa shape index (κ2) is 8.57. The summed E-state index contributed by atoms with van der Waals surface area (Å²) in [5.41, 5.74) is 1.83. The van der Waals surface area contributed by atoms with E-state index in [0.717, 1.165) is 16.2 Å². The Balaban J connectivity index is 2.13. The van der Waals surface area contributed by atoms with Gasteiger partial charge in [-0.3, -0.25) is 4.79 Å². The molecule has 0 aliphatic carbocycles. The third kappa shape index (κ3) is 5.12. The number of methoxy groups -OCH3 is 1. The fourth-order valence-corrected chi connectivity index (χ4v) is 3.13. The highest BCUT2D eigenvalue weighted by Crippen LogP contribution is 2.26. The second-order valence-corrected chi connectivity index (χ2v) is 7.04. The number of rotatable bonds is 8. The molecule has 0 atom stereocenters. The molecule has 0 aliphatic rings. The molecule has 1 aromatic heterocycles. The minimum absolute atomic E-state index is 0.0204. The van der Waals surface area contributed by atoms with Crippen LogP contribution in [0.15, 0.2) is 23.4 Å². The van der Waals surface area contributed by atoms with E-state index in [-0.39, 0.29) is 5.91 Å². The van der Waals surface area contributed by atoms with E-state index in [4.69, 9.17) is 16.3 Å². The maximum Gasteiger partial charge on any atom is 0.230 e. The molecule has 1 heterocycles. The van der Waals surface area contributed by atoms with Crippen molar-refractivity contribution in [1.29, 1.82) is 0 Å². The number of carbonyl (C=O) groups is 1. The normalized spacial score (nSPS) is 11.3. The average molecular weight is 356 g/mol. The maximum atomic E-state index is 11.9. The summed E-state index contributed by atoms with van der Waals surface area (Å²) in [7, 11) is 1.67. The number of halogens is 1. The summed E-state index contributed by atoms with van der Waals surface area (Å²) < 4.78 is 7.24. The van der Waals surface area contributed by atoms with Gasteiger partial charge in [-0.25, -0.2) is 4.98 Å². The predicted octanol–water partition coefficient (Wildman–Crippen LogP) is 3.20. The Morgan fingerprint density at radius 1 is 1.48 bits per heavy atom. The van der Waals surface area contributed by atoms with Crippen LogP contribution in [-0.4, -0.2) is 41.5 Å². The Morgan fingerprint density at radius 2 is 2.26 bits per heavy atom. The molecule has 5 nitrogen and oxygen atoms in total. The van der Waals surface area contributed by atoms with E-state index in [1.165, 1.54) is 11.8 Å². The average Bonchev–Trinajstić information content (AvgIpc) is 2.85. The first kappa shape index (κ1) is 18.1. The largest absolute Gasteiger partial charge is 0.383 e. The van der Waals surface area contributed by atoms with Crippen molar-refractivity contribution in [3.05, 3.63) is 23.2 Å². The maximum absolute atomic E-state index is 11.9. The van der Waals surface area contributed by atoms with E-state index in [1.54, 1.807) is 7.11 Å². The first-order chi connectivity index (χ1) is 11.0. The highest BCUT2D eigenvalue weighted by atomic mass is 35.5. The zero-order valence-electron chi connectivity index (χ0n) is 13.6. The molecular weight excluding hydrogens is 334 g/mol. The lowest BCUT2D eigenvalue weighted by Gasteiger charge is -2.09. The third-order valence-electron chi connectivity index (χ3n) is 3.23. The van der Waals surface area contributed by atoms with Gasteiger partial charge in [0.05, 0.1) is 23.4 Å². The zero-order chi connectivity index (χ0) is 16.8. The minimum Gasteiger partial charge on any atom is -0.383 e. The lowest BCUT2D eigenvalue weighted by atomic mass is 10.2. The molecule has 1 N–H and O–H groups in total. The van der Waals surface area contributed by atoms with Crippen molar-refractivity contribution in [2.24, 2.45) is 5.92 Å². The van der Waals surface area contributed by atoms with Crippen molar-refractivity contribution in [2.45, 2.75) is 25.5 Å². The molecule has 0 fully saturated rings. The molecule has 0 bridgehead atoms. The fraction of sp³-hybridized carbons (Fsp3) is 0.500. The van der Waals surface area contributed by atoms with Crippen LogP contribution in [-0.2, 0) is 16.1 Å². The molecule has 0 radical (unpaired) electrons. The standard InChI is InChI=1S/C16H22ClN3O2S/c1-11(2)9-18-15(21)10-23-16-19-13-8-12(17)4-5-14(13)20(16)6-7-22-3/h4-5,8,11H,6-7,9-10H2,1-3H3,(H,18,21). The molecule has 0 spiro atoms. The van der Waals surface area contributed by atoms with Gasteiger partial charge in [0.25, 0.3) is 0 Å². The fourth-order valence-electron chi connectivity index (χ4n) is 2.09. The van der Waals surface area contributed by atoms with E-state index in [0.29, 0.717) is 36.4 Å². The number of imidazole rings is 1. The van der Waals surface area contributed by atoms with Crippen molar-refractivity contribution < 1.29 is 9.53 Å². The number of fused-ring (bicyclic) bond motifs is 1. The minimum atomic E-state index is 0.0204. The lowest BCUT2D eigenvalue weighted by molar-refractivity contribution is -0.118. The Labute approximate surface area is 145 Å². The van der Waals surface area contributed by atoms with Crippen LogP contribution < -0.4 is 5.32 Å². The number of thioether (sulfide) groups is 1. The number of aromatic nitrogens is 2. The first-order valence-electron chi connectivity index (χ1n) is 7.55. The van der Waals surface area contributed by atoms with Gasteiger partial charge < -0.3 is 14.6 Å². The van der Waals surface area contributed by atoms with Crippen LogP contribution in [0.5, 0.6) is 0 Å². The van der Waals surface area contributed by atoms with Crippen LogP contribution in [0.25, 0.3) is 11.0 Å². The Morgan fingerprint density at radius 3 is 2.96 bits per heavy atom. The summed E-state index contributed by atoms with van der Waals surface area (Å²) in [6, 6.07) is 5.63. The smallest absolute Gasteiger partial charge is 0.230 e. The van der Waals surface area contributed by atoms with Crippen molar-refractivity contribution in [3.63, 3.8) is 0 Å². The van der Waals surface area contributed by atoms with Crippen LogP contribution in [0, 0.1) is 5.92 Å². The number of nitrogens with zero attached hydrogens (tertiary/aromatic N) is 2. The quantitative estimate of drug-likeness (QED) is 0.739. The molecule has 23 heavy (non-hydrogen) atoms. The van der Waals surface area contributed by atoms with Gasteiger partial charge in [-0.1, -0.05) is 37.2 Å². The predicted molar refractivity (Wildman–Crippen MR) is 95.2 cm³/mol. The van der Waals surface area contributed by atoms with Gasteiger partial charge in [-0.05, 0) is 24.1 Å². The second-order valence-electron chi connectivity index (χ2n) is 5.66. The lowest BCUT2D eigenvalue weighted by Crippen LogP contribution is -2.28. The van der Waals surface area contributed by atoms with E-state index < -0.39 is 0 Å². The number of ether oxygens (including phenoxy) is 1. The Hall–Kier alpha value is -1.24. The van der Waals surface area contributed by atoms with E-state index in [2.05, 4.69) is 28.7 Å². The van der Waals surface area contributed by atoms with Gasteiger partial charge in [0.1, 0.15) is 0 Å². The Kier molecular flexibility index (Phi) is 6.74. The summed E-state index contributed by atoms with van der Waals surface area (Å²) in [6.07, 6.45) is 0. The molecule has 126 valence electrons. The summed E-state index contributed by atoms with van der Waals surface area (Å²) in [5, 5.41) is 4.37. The van der Waals surface area contributed by atoms with E-state index in [1.807, 2.05) is 18.2 Å². The van der Waals surface area contributed by atoms with Crippen LogP contribution in [0.2, 0.25) is 5.02 Å². The first-order valence-corrected chi connectivity index (χ1v) is 8.92. The molecule has 7 heteroatoms. The molecule has 0 saturated heterocycles. The molecule has 2 rings (SSSR count). The highest BCUT2D eigenvalue weighted by Gasteiger charge is 2.13. The van der Waals surface area contributed by atoms with Crippen molar-refractivity contribution in [3.8, 4) is 0 Å². The number of hydrogen-bond acceptors (Lipinski definition) is 4.